The molecule has 0 aliphatic carbocycles. The van der Waals surface area contributed by atoms with Gasteiger partial charge in [-0.15, -0.1) is 0 Å². The minimum atomic E-state index is 0.860. The van der Waals surface area contributed by atoms with Crippen molar-refractivity contribution in [2.45, 2.75) is 39.5 Å². The van der Waals surface area contributed by atoms with Crippen molar-refractivity contribution in [1.82, 2.24) is 5.16 Å². The van der Waals surface area contributed by atoms with Gasteiger partial charge in [0, 0.05) is 19.8 Å². The highest BCUT2D eigenvalue weighted by Gasteiger charge is 1.95. The fraction of sp³-hybridized carbons (Fsp3) is 0.727. The summed E-state index contributed by atoms with van der Waals surface area (Å²) in [6, 6.07) is 1.91. The highest BCUT2D eigenvalue weighted by molar-refractivity contribution is 4.94. The molecule has 1 aromatic heterocycles. The van der Waals surface area contributed by atoms with Crippen LogP contribution in [0, 0.1) is 0 Å². The van der Waals surface area contributed by atoms with Crippen LogP contribution in [0.3, 0.4) is 0 Å². The van der Waals surface area contributed by atoms with Crippen molar-refractivity contribution in [3.63, 3.8) is 0 Å². The van der Waals surface area contributed by atoms with Gasteiger partial charge >= 0.3 is 0 Å². The maximum absolute atomic E-state index is 4.94. The van der Waals surface area contributed by atoms with E-state index in [1.165, 1.54) is 6.42 Å². The van der Waals surface area contributed by atoms with Gasteiger partial charge in [0.05, 0.1) is 5.69 Å². The molecule has 0 aromatic carbocycles. The first-order chi connectivity index (χ1) is 6.93. The molecule has 0 amide bonds. The second-order valence-corrected chi connectivity index (χ2v) is 2.79. The fourth-order valence-corrected chi connectivity index (χ4v) is 1.10. The SMILES string of the molecule is CC.COCCCCCc1ccon1. The minimum Gasteiger partial charge on any atom is -0.385 e. The Kier molecular flexibility index (Phi) is 9.64. The largest absolute Gasteiger partial charge is 0.385 e. The van der Waals surface area contributed by atoms with Crippen LogP contribution in [-0.4, -0.2) is 18.9 Å². The lowest BCUT2D eigenvalue weighted by Gasteiger charge is -1.97. The molecule has 0 bridgehead atoms. The van der Waals surface area contributed by atoms with E-state index < -0.39 is 0 Å². The number of aryl methyl sites for hydroxylation is 1. The van der Waals surface area contributed by atoms with Gasteiger partial charge in [-0.1, -0.05) is 25.4 Å². The third kappa shape index (κ3) is 6.66. The summed E-state index contributed by atoms with van der Waals surface area (Å²) in [4.78, 5) is 0. The van der Waals surface area contributed by atoms with Crippen molar-refractivity contribution < 1.29 is 9.26 Å². The molecule has 0 saturated heterocycles. The maximum atomic E-state index is 4.94. The van der Waals surface area contributed by atoms with Crippen LogP contribution in [0.5, 0.6) is 0 Å². The number of rotatable bonds is 6. The maximum Gasteiger partial charge on any atom is 0.124 e. The van der Waals surface area contributed by atoms with E-state index in [-0.39, 0.29) is 0 Å². The molecule has 0 atom stereocenters. The molecule has 0 spiro atoms. The Labute approximate surface area is 86.4 Å². The summed E-state index contributed by atoms with van der Waals surface area (Å²) in [5.74, 6) is 0. The van der Waals surface area contributed by atoms with Crippen molar-refractivity contribution in [1.29, 1.82) is 0 Å². The molecular formula is C11H21NO2. The summed E-state index contributed by atoms with van der Waals surface area (Å²) >= 11 is 0. The minimum absolute atomic E-state index is 0.860. The zero-order valence-electron chi connectivity index (χ0n) is 9.45. The predicted octanol–water partition coefficient (Wildman–Crippen LogP) is 3.06. The summed E-state index contributed by atoms with van der Waals surface area (Å²) in [6.45, 7) is 4.86. The topological polar surface area (TPSA) is 35.3 Å². The van der Waals surface area contributed by atoms with Crippen LogP contribution >= 0.6 is 0 Å². The highest BCUT2D eigenvalue weighted by atomic mass is 16.5. The average Bonchev–Trinajstić information content (AvgIpc) is 2.74. The number of ether oxygens (including phenoxy) is 1. The number of nitrogens with zero attached hydrogens (tertiary/aromatic N) is 1. The Hall–Kier alpha value is -0.830. The molecule has 0 saturated carbocycles. The van der Waals surface area contributed by atoms with Crippen LogP contribution in [0.4, 0.5) is 0 Å². The second-order valence-electron chi connectivity index (χ2n) is 2.79. The fourth-order valence-electron chi connectivity index (χ4n) is 1.10. The monoisotopic (exact) mass is 199 g/mol. The molecule has 0 radical (unpaired) electrons. The number of hydrogen-bond donors (Lipinski definition) is 0. The van der Waals surface area contributed by atoms with E-state index in [0.717, 1.165) is 31.6 Å². The second kappa shape index (κ2) is 10.3. The van der Waals surface area contributed by atoms with Crippen LogP contribution in [-0.2, 0) is 11.2 Å². The standard InChI is InChI=1S/C9H15NO2.C2H6/c1-11-7-4-2-3-5-9-6-8-12-10-9;1-2/h6,8H,2-5,7H2,1H3;1-2H3. The predicted molar refractivity (Wildman–Crippen MR) is 57.3 cm³/mol. The number of hydrogen-bond acceptors (Lipinski definition) is 3. The zero-order valence-corrected chi connectivity index (χ0v) is 9.45. The van der Waals surface area contributed by atoms with Crippen molar-refractivity contribution in [2.75, 3.05) is 13.7 Å². The summed E-state index contributed by atoms with van der Waals surface area (Å²) in [6.07, 6.45) is 6.12. The molecule has 0 N–H and O–H groups in total. The van der Waals surface area contributed by atoms with Crippen molar-refractivity contribution in [3.8, 4) is 0 Å². The Balaban J connectivity index is 0.000000791. The number of unbranched alkanes of at least 4 members (excludes halogenated alkanes) is 2. The van der Waals surface area contributed by atoms with Crippen molar-refractivity contribution in [2.24, 2.45) is 0 Å². The molecule has 14 heavy (non-hydrogen) atoms. The smallest absolute Gasteiger partial charge is 0.124 e. The Morgan fingerprint density at radius 3 is 2.64 bits per heavy atom. The van der Waals surface area contributed by atoms with Gasteiger partial charge < -0.3 is 9.26 Å². The van der Waals surface area contributed by atoms with E-state index in [1.54, 1.807) is 13.4 Å². The van der Waals surface area contributed by atoms with E-state index in [2.05, 4.69) is 5.16 Å². The highest BCUT2D eigenvalue weighted by Crippen LogP contribution is 2.03. The number of aromatic nitrogens is 1. The third-order valence-electron chi connectivity index (χ3n) is 1.77. The first-order valence-electron chi connectivity index (χ1n) is 5.31. The summed E-state index contributed by atoms with van der Waals surface area (Å²) in [5.41, 5.74) is 1.05. The van der Waals surface area contributed by atoms with Gasteiger partial charge in [-0.2, -0.15) is 0 Å². The lowest BCUT2D eigenvalue weighted by atomic mass is 10.1. The first-order valence-corrected chi connectivity index (χ1v) is 5.31. The normalized spacial score (nSPS) is 9.36. The van der Waals surface area contributed by atoms with E-state index in [0.29, 0.717) is 0 Å². The van der Waals surface area contributed by atoms with Crippen LogP contribution in [0.25, 0.3) is 0 Å². The van der Waals surface area contributed by atoms with Gasteiger partial charge in [0.15, 0.2) is 0 Å². The Bertz CT molecular complexity index is 185. The number of methoxy groups -OCH3 is 1. The van der Waals surface area contributed by atoms with Crippen LogP contribution in [0.2, 0.25) is 0 Å². The first kappa shape index (κ1) is 13.2. The van der Waals surface area contributed by atoms with Crippen molar-refractivity contribution in [3.05, 3.63) is 18.0 Å². The molecule has 82 valence electrons. The average molecular weight is 199 g/mol. The van der Waals surface area contributed by atoms with Gasteiger partial charge in [0.25, 0.3) is 0 Å². The quantitative estimate of drug-likeness (QED) is 0.660. The molecule has 3 nitrogen and oxygen atoms in total. The molecule has 0 aliphatic rings. The molecule has 3 heteroatoms. The summed E-state index contributed by atoms with van der Waals surface area (Å²) in [7, 11) is 1.73. The van der Waals surface area contributed by atoms with E-state index in [1.807, 2.05) is 19.9 Å². The third-order valence-corrected chi connectivity index (χ3v) is 1.77. The molecule has 0 fully saturated rings. The van der Waals surface area contributed by atoms with E-state index in [9.17, 15) is 0 Å². The van der Waals surface area contributed by atoms with Crippen molar-refractivity contribution >= 4 is 0 Å². The lowest BCUT2D eigenvalue weighted by Crippen LogP contribution is -1.90. The Morgan fingerprint density at radius 2 is 2.07 bits per heavy atom. The van der Waals surface area contributed by atoms with Gasteiger partial charge in [0.1, 0.15) is 6.26 Å². The summed E-state index contributed by atoms with van der Waals surface area (Å²) < 4.78 is 9.66. The van der Waals surface area contributed by atoms with Gasteiger partial charge in [0.2, 0.25) is 0 Å². The van der Waals surface area contributed by atoms with Crippen LogP contribution in [0.1, 0.15) is 38.8 Å². The Morgan fingerprint density at radius 1 is 1.29 bits per heavy atom. The van der Waals surface area contributed by atoms with Crippen LogP contribution < -0.4 is 0 Å². The molecule has 1 aromatic rings. The van der Waals surface area contributed by atoms with Crippen LogP contribution in [0.15, 0.2) is 16.9 Å². The zero-order chi connectivity index (χ0) is 10.6. The van der Waals surface area contributed by atoms with Gasteiger partial charge in [-0.05, 0) is 19.3 Å². The molecule has 1 rings (SSSR count). The molecule has 0 aliphatic heterocycles. The van der Waals surface area contributed by atoms with E-state index in [4.69, 9.17) is 9.26 Å². The molecular weight excluding hydrogens is 178 g/mol. The summed E-state index contributed by atoms with van der Waals surface area (Å²) in [5, 5.41) is 3.83. The van der Waals surface area contributed by atoms with E-state index >= 15 is 0 Å². The molecule has 1 heterocycles. The lowest BCUT2D eigenvalue weighted by molar-refractivity contribution is 0.192. The van der Waals surface area contributed by atoms with Gasteiger partial charge in [-0.3, -0.25) is 0 Å². The van der Waals surface area contributed by atoms with Gasteiger partial charge in [-0.25, -0.2) is 0 Å². The molecule has 0 unspecified atom stereocenters.